The van der Waals surface area contributed by atoms with Crippen LogP contribution in [-0.2, 0) is 6.54 Å². The summed E-state index contributed by atoms with van der Waals surface area (Å²) in [5.41, 5.74) is 4.05. The van der Waals surface area contributed by atoms with Gasteiger partial charge in [-0.05, 0) is 36.9 Å². The highest BCUT2D eigenvalue weighted by molar-refractivity contribution is 5.80. The van der Waals surface area contributed by atoms with E-state index in [1.54, 1.807) is 0 Å². The minimum absolute atomic E-state index is 0.544. The van der Waals surface area contributed by atoms with Crippen molar-refractivity contribution in [2.75, 3.05) is 25.0 Å². The number of anilines is 1. The molecule has 130 valence electrons. The highest BCUT2D eigenvalue weighted by Crippen LogP contribution is 2.23. The fourth-order valence-electron chi connectivity index (χ4n) is 3.48. The molecule has 1 N–H and O–H groups in total. The maximum atomic E-state index is 5.46. The zero-order valence-electron chi connectivity index (χ0n) is 14.7. The zero-order chi connectivity index (χ0) is 17.2. The van der Waals surface area contributed by atoms with Crippen LogP contribution in [-0.4, -0.2) is 39.5 Å². The van der Waals surface area contributed by atoms with Gasteiger partial charge < -0.3 is 9.73 Å². The Kier molecular flexibility index (Phi) is 4.36. The maximum absolute atomic E-state index is 5.46. The van der Waals surface area contributed by atoms with E-state index < -0.39 is 0 Å². The topological polar surface area (TPSA) is 67.1 Å². The van der Waals surface area contributed by atoms with Crippen LogP contribution in [0.3, 0.4) is 0 Å². The standard InChI is InChI=1S/C19H23N5O/c1-13-5-3-4-6-16(13)11-24-8-7-15(10-24)9-20-18-17-19(22-12-21-18)25-14(2)23-17/h3-6,12,15H,7-11H2,1-2H3,(H,20,21,22). The van der Waals surface area contributed by atoms with E-state index in [1.165, 1.54) is 23.9 Å². The van der Waals surface area contributed by atoms with Gasteiger partial charge in [-0.1, -0.05) is 24.3 Å². The van der Waals surface area contributed by atoms with Gasteiger partial charge in [0, 0.05) is 26.6 Å². The molecular weight excluding hydrogens is 314 g/mol. The number of hydrogen-bond acceptors (Lipinski definition) is 6. The number of rotatable bonds is 5. The molecule has 1 saturated heterocycles. The minimum Gasteiger partial charge on any atom is -0.422 e. The molecule has 0 radical (unpaired) electrons. The first-order valence-electron chi connectivity index (χ1n) is 8.78. The summed E-state index contributed by atoms with van der Waals surface area (Å²) in [6.07, 6.45) is 2.72. The van der Waals surface area contributed by atoms with Crippen LogP contribution in [0.15, 0.2) is 35.0 Å². The van der Waals surface area contributed by atoms with Crippen molar-refractivity contribution < 1.29 is 4.42 Å². The van der Waals surface area contributed by atoms with Crippen LogP contribution in [0.25, 0.3) is 11.2 Å². The molecule has 6 heteroatoms. The highest BCUT2D eigenvalue weighted by Gasteiger charge is 2.23. The second-order valence-electron chi connectivity index (χ2n) is 6.81. The van der Waals surface area contributed by atoms with Crippen molar-refractivity contribution in [2.24, 2.45) is 5.92 Å². The lowest BCUT2D eigenvalue weighted by molar-refractivity contribution is 0.318. The van der Waals surface area contributed by atoms with E-state index in [9.17, 15) is 0 Å². The highest BCUT2D eigenvalue weighted by atomic mass is 16.4. The molecule has 3 heterocycles. The molecule has 0 bridgehead atoms. The Bertz CT molecular complexity index is 875. The summed E-state index contributed by atoms with van der Waals surface area (Å²) in [6.45, 7) is 8.18. The first-order chi connectivity index (χ1) is 12.2. The van der Waals surface area contributed by atoms with Gasteiger partial charge in [-0.2, -0.15) is 4.98 Å². The fraction of sp³-hybridized carbons (Fsp3) is 0.421. The number of fused-ring (bicyclic) bond motifs is 1. The maximum Gasteiger partial charge on any atom is 0.252 e. The molecule has 1 fully saturated rings. The van der Waals surface area contributed by atoms with E-state index in [0.29, 0.717) is 17.5 Å². The van der Waals surface area contributed by atoms with Gasteiger partial charge in [0.05, 0.1) is 0 Å². The molecule has 3 aromatic rings. The normalized spacial score (nSPS) is 18.1. The van der Waals surface area contributed by atoms with Crippen molar-refractivity contribution in [3.05, 3.63) is 47.6 Å². The monoisotopic (exact) mass is 337 g/mol. The predicted octanol–water partition coefficient (Wildman–Crippen LogP) is 3.17. The minimum atomic E-state index is 0.544. The molecule has 4 rings (SSSR count). The number of aryl methyl sites for hydroxylation is 2. The number of hydrogen-bond donors (Lipinski definition) is 1. The van der Waals surface area contributed by atoms with Crippen LogP contribution in [0.5, 0.6) is 0 Å². The van der Waals surface area contributed by atoms with E-state index in [4.69, 9.17) is 4.42 Å². The molecule has 1 aromatic carbocycles. The van der Waals surface area contributed by atoms with Gasteiger partial charge in [-0.15, -0.1) is 0 Å². The van der Waals surface area contributed by atoms with Crippen molar-refractivity contribution in [1.82, 2.24) is 19.9 Å². The molecule has 25 heavy (non-hydrogen) atoms. The molecule has 1 unspecified atom stereocenters. The Morgan fingerprint density at radius 1 is 1.24 bits per heavy atom. The second-order valence-corrected chi connectivity index (χ2v) is 6.81. The van der Waals surface area contributed by atoms with E-state index in [-0.39, 0.29) is 0 Å². The number of aromatic nitrogens is 3. The number of oxazole rings is 1. The van der Waals surface area contributed by atoms with Gasteiger partial charge in [0.15, 0.2) is 17.2 Å². The first-order valence-corrected chi connectivity index (χ1v) is 8.78. The first kappa shape index (κ1) is 16.0. The largest absolute Gasteiger partial charge is 0.422 e. The Labute approximate surface area is 147 Å². The van der Waals surface area contributed by atoms with Crippen LogP contribution < -0.4 is 5.32 Å². The predicted molar refractivity (Wildman–Crippen MR) is 97.4 cm³/mol. The van der Waals surface area contributed by atoms with Crippen LogP contribution in [0, 0.1) is 19.8 Å². The Morgan fingerprint density at radius 3 is 3.00 bits per heavy atom. The smallest absolute Gasteiger partial charge is 0.252 e. The third kappa shape index (κ3) is 3.49. The Hall–Kier alpha value is -2.47. The molecule has 2 aromatic heterocycles. The quantitative estimate of drug-likeness (QED) is 0.771. The second kappa shape index (κ2) is 6.80. The van der Waals surface area contributed by atoms with E-state index in [1.807, 2.05) is 6.92 Å². The lowest BCUT2D eigenvalue weighted by atomic mass is 10.1. The van der Waals surface area contributed by atoms with Crippen LogP contribution in [0.4, 0.5) is 5.82 Å². The van der Waals surface area contributed by atoms with Crippen LogP contribution in [0.1, 0.15) is 23.4 Å². The lowest BCUT2D eigenvalue weighted by Gasteiger charge is -2.17. The molecular formula is C19H23N5O. The lowest BCUT2D eigenvalue weighted by Crippen LogP contribution is -2.23. The summed E-state index contributed by atoms with van der Waals surface area (Å²) >= 11 is 0. The summed E-state index contributed by atoms with van der Waals surface area (Å²) in [7, 11) is 0. The van der Waals surface area contributed by atoms with Crippen molar-refractivity contribution in [1.29, 1.82) is 0 Å². The van der Waals surface area contributed by atoms with Gasteiger partial charge in [0.25, 0.3) is 5.71 Å². The van der Waals surface area contributed by atoms with Crippen molar-refractivity contribution in [2.45, 2.75) is 26.8 Å². The molecule has 0 aliphatic carbocycles. The molecule has 1 aliphatic heterocycles. The van der Waals surface area contributed by atoms with Crippen molar-refractivity contribution in [3.8, 4) is 0 Å². The Balaban J connectivity index is 1.36. The van der Waals surface area contributed by atoms with E-state index in [2.05, 4.69) is 56.4 Å². The fourth-order valence-corrected chi connectivity index (χ4v) is 3.48. The summed E-state index contributed by atoms with van der Waals surface area (Å²) in [5.74, 6) is 1.99. The summed E-state index contributed by atoms with van der Waals surface area (Å²) in [6, 6.07) is 8.64. The van der Waals surface area contributed by atoms with Gasteiger partial charge in [0.1, 0.15) is 6.33 Å². The molecule has 6 nitrogen and oxygen atoms in total. The van der Waals surface area contributed by atoms with Gasteiger partial charge in [0.2, 0.25) is 0 Å². The molecule has 1 atom stereocenters. The van der Waals surface area contributed by atoms with Crippen LogP contribution in [0.2, 0.25) is 0 Å². The van der Waals surface area contributed by atoms with Gasteiger partial charge in [-0.25, -0.2) is 9.97 Å². The summed E-state index contributed by atoms with van der Waals surface area (Å²) in [4.78, 5) is 15.3. The summed E-state index contributed by atoms with van der Waals surface area (Å²) in [5, 5.41) is 3.44. The summed E-state index contributed by atoms with van der Waals surface area (Å²) < 4.78 is 5.46. The molecule has 0 spiro atoms. The van der Waals surface area contributed by atoms with E-state index >= 15 is 0 Å². The Morgan fingerprint density at radius 2 is 2.12 bits per heavy atom. The molecule has 0 saturated carbocycles. The molecule has 0 amide bonds. The van der Waals surface area contributed by atoms with Gasteiger partial charge in [-0.3, -0.25) is 4.90 Å². The van der Waals surface area contributed by atoms with Crippen molar-refractivity contribution in [3.63, 3.8) is 0 Å². The SMILES string of the molecule is Cc1nc2c(NCC3CCN(Cc4ccccc4C)C3)ncnc2o1. The van der Waals surface area contributed by atoms with E-state index in [0.717, 1.165) is 37.5 Å². The van der Waals surface area contributed by atoms with Crippen molar-refractivity contribution >= 4 is 17.0 Å². The van der Waals surface area contributed by atoms with Crippen LogP contribution >= 0.6 is 0 Å². The van der Waals surface area contributed by atoms with Gasteiger partial charge >= 0.3 is 0 Å². The molecule has 1 aliphatic rings. The third-order valence-corrected chi connectivity index (χ3v) is 4.89. The average Bonchev–Trinajstić information content (AvgIpc) is 3.20. The average molecular weight is 337 g/mol. The number of nitrogens with zero attached hydrogens (tertiary/aromatic N) is 4. The number of nitrogens with one attached hydrogen (secondary N) is 1. The zero-order valence-corrected chi connectivity index (χ0v) is 14.7. The third-order valence-electron chi connectivity index (χ3n) is 4.89. The number of benzene rings is 1. The number of likely N-dealkylation sites (tertiary alicyclic amines) is 1.